The van der Waals surface area contributed by atoms with E-state index in [1.165, 1.54) is 0 Å². The number of hydrogen-bond acceptors (Lipinski definition) is 5. The van der Waals surface area contributed by atoms with Crippen molar-refractivity contribution in [1.82, 2.24) is 20.1 Å². The maximum atomic E-state index is 12.7. The van der Waals surface area contributed by atoms with Crippen LogP contribution in [0.15, 0.2) is 48.5 Å². The number of benzene rings is 2. The summed E-state index contributed by atoms with van der Waals surface area (Å²) in [6.07, 6.45) is 1.67. The predicted octanol–water partition coefficient (Wildman–Crippen LogP) is 3.50. The second-order valence-electron chi connectivity index (χ2n) is 7.26. The lowest BCUT2D eigenvalue weighted by molar-refractivity contribution is 0.0920. The van der Waals surface area contributed by atoms with Crippen molar-refractivity contribution >= 4 is 23.2 Å². The highest BCUT2D eigenvalue weighted by Gasteiger charge is 2.23. The number of aryl methyl sites for hydroxylation is 1. The number of piperidine rings is 1. The van der Waals surface area contributed by atoms with Gasteiger partial charge >= 0.3 is 0 Å². The third-order valence-corrected chi connectivity index (χ3v) is 5.49. The Labute approximate surface area is 179 Å². The number of carbonyl (C=O) groups is 1. The second kappa shape index (κ2) is 8.56. The number of halogens is 1. The first-order valence-electron chi connectivity index (χ1n) is 9.79. The van der Waals surface area contributed by atoms with Gasteiger partial charge in [0.1, 0.15) is 5.82 Å². The minimum atomic E-state index is -0.261. The third-order valence-electron chi connectivity index (χ3n) is 5.23. The van der Waals surface area contributed by atoms with Crippen LogP contribution < -0.4 is 10.2 Å². The smallest absolute Gasteiger partial charge is 0.291 e. The lowest BCUT2D eigenvalue weighted by Crippen LogP contribution is -2.45. The Balaban J connectivity index is 1.36. The minimum Gasteiger partial charge on any atom is -0.371 e. The molecule has 2 aromatic carbocycles. The van der Waals surface area contributed by atoms with Crippen molar-refractivity contribution in [2.45, 2.75) is 25.8 Å². The number of nitrogens with one attached hydrogen (secondary N) is 1. The van der Waals surface area contributed by atoms with Gasteiger partial charge in [0.05, 0.1) is 17.3 Å². The van der Waals surface area contributed by atoms with Crippen LogP contribution in [-0.2, 0) is 0 Å². The van der Waals surface area contributed by atoms with Crippen molar-refractivity contribution in [3.63, 3.8) is 0 Å². The minimum absolute atomic E-state index is 0.0786. The van der Waals surface area contributed by atoms with Crippen molar-refractivity contribution in [3.05, 3.63) is 70.8 Å². The zero-order valence-electron chi connectivity index (χ0n) is 16.5. The van der Waals surface area contributed by atoms with E-state index in [4.69, 9.17) is 16.9 Å². The van der Waals surface area contributed by atoms with Crippen molar-refractivity contribution in [2.75, 3.05) is 18.0 Å². The van der Waals surface area contributed by atoms with Gasteiger partial charge in [-0.15, -0.1) is 5.10 Å². The molecule has 0 saturated carbocycles. The molecule has 0 spiro atoms. The molecule has 1 aliphatic heterocycles. The van der Waals surface area contributed by atoms with Crippen LogP contribution >= 0.6 is 11.6 Å². The van der Waals surface area contributed by atoms with Crippen LogP contribution in [0.3, 0.4) is 0 Å². The normalized spacial score (nSPS) is 14.4. The summed E-state index contributed by atoms with van der Waals surface area (Å²) in [7, 11) is 0. The van der Waals surface area contributed by atoms with E-state index in [0.29, 0.717) is 16.4 Å². The molecule has 1 aromatic heterocycles. The quantitative estimate of drug-likeness (QED) is 0.698. The Hall–Kier alpha value is -3.37. The highest BCUT2D eigenvalue weighted by molar-refractivity contribution is 6.30. The predicted molar refractivity (Wildman–Crippen MR) is 115 cm³/mol. The Bertz CT molecular complexity index is 1080. The summed E-state index contributed by atoms with van der Waals surface area (Å²) in [5.74, 6) is 0.540. The monoisotopic (exact) mass is 420 g/mol. The van der Waals surface area contributed by atoms with Crippen LogP contribution in [0, 0.1) is 18.3 Å². The summed E-state index contributed by atoms with van der Waals surface area (Å²) in [6, 6.07) is 17.0. The number of hydrogen-bond donors (Lipinski definition) is 1. The molecule has 4 rings (SSSR count). The van der Waals surface area contributed by atoms with E-state index in [2.05, 4.69) is 26.4 Å². The molecule has 8 heteroatoms. The van der Waals surface area contributed by atoms with Crippen molar-refractivity contribution in [1.29, 1.82) is 5.26 Å². The fourth-order valence-corrected chi connectivity index (χ4v) is 3.72. The average molecular weight is 421 g/mol. The van der Waals surface area contributed by atoms with E-state index in [9.17, 15) is 4.79 Å². The molecule has 0 unspecified atom stereocenters. The van der Waals surface area contributed by atoms with Crippen LogP contribution in [0.2, 0.25) is 5.02 Å². The highest BCUT2D eigenvalue weighted by Crippen LogP contribution is 2.21. The van der Waals surface area contributed by atoms with Crippen molar-refractivity contribution < 1.29 is 4.79 Å². The van der Waals surface area contributed by atoms with Crippen molar-refractivity contribution in [2.24, 2.45) is 0 Å². The number of aromatic nitrogens is 3. The van der Waals surface area contributed by atoms with Gasteiger partial charge in [-0.2, -0.15) is 5.26 Å². The first-order chi connectivity index (χ1) is 14.5. The molecule has 1 saturated heterocycles. The number of rotatable bonds is 4. The number of nitrogens with zero attached hydrogens (tertiary/aromatic N) is 5. The van der Waals surface area contributed by atoms with Gasteiger partial charge in [-0.3, -0.25) is 4.79 Å². The Kier molecular flexibility index (Phi) is 5.68. The Morgan fingerprint density at radius 3 is 2.37 bits per heavy atom. The van der Waals surface area contributed by atoms with Crippen LogP contribution in [0.4, 0.5) is 5.69 Å². The molecule has 3 aromatic rings. The lowest BCUT2D eigenvalue weighted by atomic mass is 10.0. The van der Waals surface area contributed by atoms with E-state index in [1.54, 1.807) is 16.8 Å². The molecule has 1 amide bonds. The summed E-state index contributed by atoms with van der Waals surface area (Å²) < 4.78 is 1.64. The Morgan fingerprint density at radius 1 is 1.10 bits per heavy atom. The highest BCUT2D eigenvalue weighted by atomic mass is 35.5. The molecular weight excluding hydrogens is 400 g/mol. The van der Waals surface area contributed by atoms with Gasteiger partial charge in [-0.25, -0.2) is 9.67 Å². The van der Waals surface area contributed by atoms with Crippen molar-refractivity contribution in [3.8, 4) is 11.8 Å². The van der Waals surface area contributed by atoms with Gasteiger partial charge in [0, 0.05) is 29.8 Å². The van der Waals surface area contributed by atoms with Gasteiger partial charge in [-0.1, -0.05) is 11.6 Å². The van der Waals surface area contributed by atoms with E-state index in [-0.39, 0.29) is 17.8 Å². The molecule has 0 bridgehead atoms. The Morgan fingerprint density at radius 2 is 1.73 bits per heavy atom. The van der Waals surface area contributed by atoms with Gasteiger partial charge < -0.3 is 10.2 Å². The maximum absolute atomic E-state index is 12.7. The van der Waals surface area contributed by atoms with Crippen LogP contribution in [0.5, 0.6) is 0 Å². The second-order valence-corrected chi connectivity index (χ2v) is 7.70. The van der Waals surface area contributed by atoms with E-state index in [0.717, 1.165) is 37.3 Å². The van der Waals surface area contributed by atoms with Gasteiger partial charge in [0.2, 0.25) is 5.82 Å². The molecule has 1 aliphatic rings. The average Bonchev–Trinajstić information content (AvgIpc) is 3.17. The summed E-state index contributed by atoms with van der Waals surface area (Å²) in [6.45, 7) is 3.49. The molecule has 0 radical (unpaired) electrons. The molecule has 0 aliphatic carbocycles. The van der Waals surface area contributed by atoms with E-state index < -0.39 is 0 Å². The first kappa shape index (κ1) is 19.9. The van der Waals surface area contributed by atoms with Gasteiger partial charge in [0.15, 0.2) is 0 Å². The largest absolute Gasteiger partial charge is 0.371 e. The number of carbonyl (C=O) groups excluding carboxylic acids is 1. The first-order valence-corrected chi connectivity index (χ1v) is 10.2. The van der Waals surface area contributed by atoms with Gasteiger partial charge in [-0.05, 0) is 68.3 Å². The number of nitriles is 1. The molecule has 2 heterocycles. The third kappa shape index (κ3) is 4.29. The summed E-state index contributed by atoms with van der Waals surface area (Å²) in [4.78, 5) is 19.3. The van der Waals surface area contributed by atoms with Crippen LogP contribution in [0.25, 0.3) is 5.69 Å². The molecular formula is C22H21ClN6O. The van der Waals surface area contributed by atoms with E-state index in [1.807, 2.05) is 43.3 Å². The molecule has 1 N–H and O–H groups in total. The summed E-state index contributed by atoms with van der Waals surface area (Å²) in [5, 5.41) is 17.0. The zero-order chi connectivity index (χ0) is 21.1. The maximum Gasteiger partial charge on any atom is 0.291 e. The van der Waals surface area contributed by atoms with Gasteiger partial charge in [0.25, 0.3) is 5.91 Å². The lowest BCUT2D eigenvalue weighted by Gasteiger charge is -2.33. The molecule has 152 valence electrons. The standard InChI is InChI=1S/C22H21ClN6O/c1-15-25-21(27-29(15)20-8-4-17(23)5-9-20)22(30)26-18-10-12-28(13-11-18)19-6-2-16(14-24)3-7-19/h2-9,18H,10-13H2,1H3,(H,26,30). The van der Waals surface area contributed by atoms with Crippen LogP contribution in [0.1, 0.15) is 34.8 Å². The molecule has 1 fully saturated rings. The number of amides is 1. The number of anilines is 1. The van der Waals surface area contributed by atoms with E-state index >= 15 is 0 Å². The summed E-state index contributed by atoms with van der Waals surface area (Å²) in [5.41, 5.74) is 2.55. The zero-order valence-corrected chi connectivity index (χ0v) is 17.3. The SMILES string of the molecule is Cc1nc(C(=O)NC2CCN(c3ccc(C#N)cc3)CC2)nn1-c1ccc(Cl)cc1. The molecule has 30 heavy (non-hydrogen) atoms. The molecule has 7 nitrogen and oxygen atoms in total. The fourth-order valence-electron chi connectivity index (χ4n) is 3.59. The topological polar surface area (TPSA) is 86.8 Å². The summed E-state index contributed by atoms with van der Waals surface area (Å²) >= 11 is 5.94. The fraction of sp³-hybridized carbons (Fsp3) is 0.273. The molecule has 0 atom stereocenters. The van der Waals surface area contributed by atoms with Crippen LogP contribution in [-0.4, -0.2) is 39.8 Å².